The Morgan fingerprint density at radius 2 is 1.90 bits per heavy atom. The molecular formula is C13H18N4O2S2. The highest BCUT2D eigenvalue weighted by molar-refractivity contribution is 7.93. The van der Waals surface area contributed by atoms with E-state index in [0.29, 0.717) is 5.01 Å². The molecule has 1 aromatic carbocycles. The lowest BCUT2D eigenvalue weighted by molar-refractivity contribution is 0.601. The Morgan fingerprint density at radius 1 is 1.19 bits per heavy atom. The molecule has 0 fully saturated rings. The van der Waals surface area contributed by atoms with E-state index in [1.165, 1.54) is 11.3 Å². The molecule has 0 aliphatic heterocycles. The number of aryl methyl sites for hydroxylation is 2. The summed E-state index contributed by atoms with van der Waals surface area (Å²) < 4.78 is 26.8. The smallest absolute Gasteiger partial charge is 0.263 e. The summed E-state index contributed by atoms with van der Waals surface area (Å²) in [4.78, 5) is 0.229. The van der Waals surface area contributed by atoms with E-state index in [1.807, 2.05) is 19.2 Å². The number of sulfonamides is 1. The normalized spacial score (nSPS) is 11.5. The molecule has 0 atom stereocenters. The number of rotatable bonds is 7. The van der Waals surface area contributed by atoms with Crippen molar-refractivity contribution in [1.82, 2.24) is 15.5 Å². The van der Waals surface area contributed by atoms with Gasteiger partial charge in [-0.25, -0.2) is 8.42 Å². The molecule has 0 aliphatic carbocycles. The van der Waals surface area contributed by atoms with Crippen molar-refractivity contribution in [3.8, 4) is 0 Å². The van der Waals surface area contributed by atoms with Gasteiger partial charge in [0.25, 0.3) is 10.0 Å². The first-order chi connectivity index (χ1) is 10.0. The van der Waals surface area contributed by atoms with Gasteiger partial charge in [0.2, 0.25) is 5.13 Å². The summed E-state index contributed by atoms with van der Waals surface area (Å²) in [6, 6.07) is 6.92. The average molecular weight is 326 g/mol. The second kappa shape index (κ2) is 6.97. The molecule has 0 aliphatic rings. The lowest BCUT2D eigenvalue weighted by Crippen LogP contribution is -2.13. The lowest BCUT2D eigenvalue weighted by Gasteiger charge is -2.06. The molecule has 0 spiro atoms. The number of hydrogen-bond donors (Lipinski definition) is 2. The zero-order chi connectivity index (χ0) is 15.3. The Kier molecular flexibility index (Phi) is 5.27. The Labute approximate surface area is 128 Å². The third-order valence-corrected chi connectivity index (χ3v) is 5.11. The van der Waals surface area contributed by atoms with Gasteiger partial charge in [0.1, 0.15) is 5.01 Å². The fourth-order valence-electron chi connectivity index (χ4n) is 1.82. The molecule has 114 valence electrons. The lowest BCUT2D eigenvalue weighted by atomic mass is 10.1. The zero-order valence-corrected chi connectivity index (χ0v) is 13.6. The van der Waals surface area contributed by atoms with Crippen LogP contribution >= 0.6 is 11.3 Å². The molecule has 2 N–H and O–H groups in total. The van der Waals surface area contributed by atoms with Crippen LogP contribution in [0.2, 0.25) is 0 Å². The predicted octanol–water partition coefficient (Wildman–Crippen LogP) is 1.80. The van der Waals surface area contributed by atoms with Crippen molar-refractivity contribution in [2.45, 2.75) is 24.7 Å². The van der Waals surface area contributed by atoms with Gasteiger partial charge >= 0.3 is 0 Å². The van der Waals surface area contributed by atoms with E-state index in [2.05, 4.69) is 20.2 Å². The molecule has 1 aromatic heterocycles. The van der Waals surface area contributed by atoms with Crippen LogP contribution in [0.3, 0.4) is 0 Å². The van der Waals surface area contributed by atoms with Gasteiger partial charge in [0, 0.05) is 0 Å². The summed E-state index contributed by atoms with van der Waals surface area (Å²) in [5, 5.41) is 11.6. The third-order valence-electron chi connectivity index (χ3n) is 2.87. The van der Waals surface area contributed by atoms with Gasteiger partial charge in [0.15, 0.2) is 0 Å². The molecule has 1 heterocycles. The second-order valence-electron chi connectivity index (χ2n) is 4.58. The van der Waals surface area contributed by atoms with E-state index in [0.717, 1.165) is 24.9 Å². The van der Waals surface area contributed by atoms with Gasteiger partial charge in [-0.2, -0.15) is 0 Å². The van der Waals surface area contributed by atoms with E-state index in [-0.39, 0.29) is 10.0 Å². The van der Waals surface area contributed by atoms with E-state index in [9.17, 15) is 8.42 Å². The molecule has 0 bridgehead atoms. The van der Waals surface area contributed by atoms with Crippen LogP contribution < -0.4 is 10.0 Å². The Morgan fingerprint density at radius 3 is 2.48 bits per heavy atom. The first-order valence-electron chi connectivity index (χ1n) is 6.58. The van der Waals surface area contributed by atoms with Gasteiger partial charge in [-0.05, 0) is 51.1 Å². The summed E-state index contributed by atoms with van der Waals surface area (Å²) >= 11 is 1.21. The number of benzene rings is 1. The van der Waals surface area contributed by atoms with Crippen molar-refractivity contribution >= 4 is 26.5 Å². The molecule has 2 aromatic rings. The molecule has 0 saturated carbocycles. The molecular weight excluding hydrogens is 308 g/mol. The minimum atomic E-state index is -3.60. The van der Waals surface area contributed by atoms with Crippen LogP contribution in [0.25, 0.3) is 0 Å². The molecule has 2 rings (SSSR count). The van der Waals surface area contributed by atoms with Gasteiger partial charge in [-0.1, -0.05) is 23.5 Å². The summed E-state index contributed by atoms with van der Waals surface area (Å²) in [7, 11) is -1.68. The monoisotopic (exact) mass is 326 g/mol. The number of anilines is 1. The van der Waals surface area contributed by atoms with Crippen LogP contribution in [-0.4, -0.2) is 32.2 Å². The fourth-order valence-corrected chi connectivity index (χ4v) is 3.64. The van der Waals surface area contributed by atoms with Gasteiger partial charge < -0.3 is 5.32 Å². The topological polar surface area (TPSA) is 84.0 Å². The van der Waals surface area contributed by atoms with Crippen molar-refractivity contribution in [2.75, 3.05) is 18.3 Å². The standard InChI is InChI=1S/C13H18N4O2S2/c1-10-15-16-13(20-10)17-21(18,19)12-7-5-11(6-8-12)4-3-9-14-2/h5-8,14H,3-4,9H2,1-2H3,(H,16,17). The highest BCUT2D eigenvalue weighted by Gasteiger charge is 2.16. The van der Waals surface area contributed by atoms with E-state index in [1.54, 1.807) is 19.1 Å². The van der Waals surface area contributed by atoms with Gasteiger partial charge in [-0.15, -0.1) is 10.2 Å². The first-order valence-corrected chi connectivity index (χ1v) is 8.88. The minimum absolute atomic E-state index is 0.229. The Hall–Kier alpha value is -1.51. The van der Waals surface area contributed by atoms with Crippen LogP contribution in [0, 0.1) is 6.92 Å². The van der Waals surface area contributed by atoms with E-state index in [4.69, 9.17) is 0 Å². The number of nitrogens with zero attached hydrogens (tertiary/aromatic N) is 2. The van der Waals surface area contributed by atoms with Gasteiger partial charge in [-0.3, -0.25) is 4.72 Å². The molecule has 21 heavy (non-hydrogen) atoms. The maximum Gasteiger partial charge on any atom is 0.263 e. The van der Waals surface area contributed by atoms with Gasteiger partial charge in [0.05, 0.1) is 4.90 Å². The van der Waals surface area contributed by atoms with Crippen molar-refractivity contribution in [3.05, 3.63) is 34.8 Å². The van der Waals surface area contributed by atoms with Crippen molar-refractivity contribution in [1.29, 1.82) is 0 Å². The first kappa shape index (κ1) is 15.9. The largest absolute Gasteiger partial charge is 0.320 e. The average Bonchev–Trinajstić information content (AvgIpc) is 2.84. The second-order valence-corrected chi connectivity index (χ2v) is 7.45. The Bertz CT molecular complexity index is 680. The number of nitrogens with one attached hydrogen (secondary N) is 2. The maximum atomic E-state index is 12.2. The third kappa shape index (κ3) is 4.48. The van der Waals surface area contributed by atoms with Crippen LogP contribution in [0.5, 0.6) is 0 Å². The molecule has 0 saturated heterocycles. The number of hydrogen-bond acceptors (Lipinski definition) is 6. The molecule has 0 amide bonds. The SMILES string of the molecule is CNCCCc1ccc(S(=O)(=O)Nc2nnc(C)s2)cc1. The van der Waals surface area contributed by atoms with E-state index < -0.39 is 10.0 Å². The summed E-state index contributed by atoms with van der Waals surface area (Å²) in [5.41, 5.74) is 1.12. The summed E-state index contributed by atoms with van der Waals surface area (Å²) in [5.74, 6) is 0. The molecule has 0 radical (unpaired) electrons. The number of aromatic nitrogens is 2. The molecule has 0 unspecified atom stereocenters. The van der Waals surface area contributed by atoms with Crippen LogP contribution in [0.4, 0.5) is 5.13 Å². The van der Waals surface area contributed by atoms with E-state index >= 15 is 0 Å². The Balaban J connectivity index is 2.06. The van der Waals surface area contributed by atoms with Crippen LogP contribution in [0.1, 0.15) is 17.0 Å². The minimum Gasteiger partial charge on any atom is -0.320 e. The highest BCUT2D eigenvalue weighted by atomic mass is 32.2. The quantitative estimate of drug-likeness (QED) is 0.758. The zero-order valence-electron chi connectivity index (χ0n) is 12.0. The maximum absolute atomic E-state index is 12.2. The van der Waals surface area contributed by atoms with Crippen molar-refractivity contribution in [2.24, 2.45) is 0 Å². The predicted molar refractivity (Wildman–Crippen MR) is 84.1 cm³/mol. The summed E-state index contributed by atoms with van der Waals surface area (Å²) in [6.45, 7) is 2.72. The molecule has 6 nitrogen and oxygen atoms in total. The summed E-state index contributed by atoms with van der Waals surface area (Å²) in [6.07, 6.45) is 1.94. The van der Waals surface area contributed by atoms with Crippen LogP contribution in [-0.2, 0) is 16.4 Å². The van der Waals surface area contributed by atoms with Crippen molar-refractivity contribution in [3.63, 3.8) is 0 Å². The fraction of sp³-hybridized carbons (Fsp3) is 0.385. The van der Waals surface area contributed by atoms with Crippen molar-refractivity contribution < 1.29 is 8.42 Å². The van der Waals surface area contributed by atoms with Crippen LogP contribution in [0.15, 0.2) is 29.2 Å². The molecule has 8 heteroatoms. The highest BCUT2D eigenvalue weighted by Crippen LogP contribution is 2.19.